The maximum atomic E-state index is 12.2. The van der Waals surface area contributed by atoms with E-state index in [2.05, 4.69) is 20.4 Å². The third-order valence-electron chi connectivity index (χ3n) is 2.69. The number of hydrogen-bond acceptors (Lipinski definition) is 5. The minimum absolute atomic E-state index is 0.00753. The minimum atomic E-state index is -4.38. The molecule has 118 valence electrons. The normalized spacial score (nSPS) is 11.5. The van der Waals surface area contributed by atoms with Crippen LogP contribution >= 0.6 is 0 Å². The summed E-state index contributed by atoms with van der Waals surface area (Å²) >= 11 is 0. The average Bonchev–Trinajstić information content (AvgIpc) is 2.83. The lowest BCUT2D eigenvalue weighted by molar-refractivity contribution is -0.142. The number of amides is 1. The van der Waals surface area contributed by atoms with E-state index >= 15 is 0 Å². The molecule has 0 unspecified atom stereocenters. The third-order valence-corrected chi connectivity index (χ3v) is 2.69. The summed E-state index contributed by atoms with van der Waals surface area (Å²) in [6.07, 6.45) is -1.53. The van der Waals surface area contributed by atoms with Gasteiger partial charge in [-0.1, -0.05) is 6.92 Å². The Morgan fingerprint density at radius 2 is 2.18 bits per heavy atom. The van der Waals surface area contributed by atoms with Crippen LogP contribution in [0.25, 0.3) is 0 Å². The fourth-order valence-corrected chi connectivity index (χ4v) is 1.78. The summed E-state index contributed by atoms with van der Waals surface area (Å²) in [6.45, 7) is 0.560. The Bertz CT molecular complexity index is 682. The van der Waals surface area contributed by atoms with Crippen LogP contribution in [0.4, 0.5) is 24.9 Å². The summed E-state index contributed by atoms with van der Waals surface area (Å²) in [6, 6.07) is 1.27. The summed E-state index contributed by atoms with van der Waals surface area (Å²) in [5.41, 5.74) is 6.08. The molecular formula is C12H13F3N6O. The molecule has 10 heteroatoms. The lowest BCUT2D eigenvalue weighted by atomic mass is 10.2. The molecule has 2 heterocycles. The van der Waals surface area contributed by atoms with Crippen molar-refractivity contribution in [3.63, 3.8) is 0 Å². The van der Waals surface area contributed by atoms with Crippen molar-refractivity contribution in [2.45, 2.75) is 26.1 Å². The van der Waals surface area contributed by atoms with Crippen LogP contribution in [0.15, 0.2) is 18.5 Å². The summed E-state index contributed by atoms with van der Waals surface area (Å²) in [5, 5.41) is 6.03. The predicted molar refractivity (Wildman–Crippen MR) is 72.1 cm³/mol. The maximum absolute atomic E-state index is 12.2. The molecule has 0 spiro atoms. The molecule has 22 heavy (non-hydrogen) atoms. The zero-order chi connectivity index (χ0) is 16.3. The largest absolute Gasteiger partial charge is 0.408 e. The van der Waals surface area contributed by atoms with Crippen LogP contribution in [-0.4, -0.2) is 31.8 Å². The number of aromatic nitrogens is 4. The van der Waals surface area contributed by atoms with Gasteiger partial charge in [0.05, 0.1) is 11.3 Å². The standard InChI is InChI=1S/C12H13F3N6O/c1-2-8-7(5-17-11(16)18-8)10(22)19-9-3-4-21(20-9)6-12(13,14)15/h3-5H,2,6H2,1H3,(H2,16,17,18)(H,19,20,22). The van der Waals surface area contributed by atoms with Crippen LogP contribution in [0.1, 0.15) is 23.0 Å². The number of carbonyl (C=O) groups is 1. The zero-order valence-corrected chi connectivity index (χ0v) is 11.6. The van der Waals surface area contributed by atoms with Crippen molar-refractivity contribution >= 4 is 17.7 Å². The van der Waals surface area contributed by atoms with Crippen LogP contribution in [0, 0.1) is 0 Å². The van der Waals surface area contributed by atoms with Crippen molar-refractivity contribution < 1.29 is 18.0 Å². The number of nitrogens with zero attached hydrogens (tertiary/aromatic N) is 4. The quantitative estimate of drug-likeness (QED) is 0.893. The number of anilines is 2. The van der Waals surface area contributed by atoms with Gasteiger partial charge in [0.2, 0.25) is 5.95 Å². The lowest BCUT2D eigenvalue weighted by Crippen LogP contribution is -2.19. The number of alkyl halides is 3. The highest BCUT2D eigenvalue weighted by atomic mass is 19.4. The van der Waals surface area contributed by atoms with Crippen molar-refractivity contribution in [1.29, 1.82) is 0 Å². The first kappa shape index (κ1) is 15.7. The second-order valence-corrected chi connectivity index (χ2v) is 4.41. The summed E-state index contributed by atoms with van der Waals surface area (Å²) in [5.74, 6) is -0.509. The second kappa shape index (κ2) is 6.00. The van der Waals surface area contributed by atoms with E-state index in [9.17, 15) is 18.0 Å². The van der Waals surface area contributed by atoms with Gasteiger partial charge in [-0.2, -0.15) is 18.3 Å². The van der Waals surface area contributed by atoms with Crippen LogP contribution in [0.2, 0.25) is 0 Å². The average molecular weight is 314 g/mol. The van der Waals surface area contributed by atoms with E-state index in [-0.39, 0.29) is 17.3 Å². The van der Waals surface area contributed by atoms with Gasteiger partial charge in [-0.05, 0) is 6.42 Å². The molecule has 0 aliphatic heterocycles. The molecule has 0 atom stereocenters. The highest BCUT2D eigenvalue weighted by molar-refractivity contribution is 6.04. The van der Waals surface area contributed by atoms with Crippen molar-refractivity contribution in [2.75, 3.05) is 11.1 Å². The number of nitrogens with one attached hydrogen (secondary N) is 1. The van der Waals surface area contributed by atoms with E-state index in [0.29, 0.717) is 16.8 Å². The van der Waals surface area contributed by atoms with E-state index < -0.39 is 18.6 Å². The van der Waals surface area contributed by atoms with Gasteiger partial charge >= 0.3 is 6.18 Å². The first-order chi connectivity index (χ1) is 10.3. The molecule has 0 fully saturated rings. The summed E-state index contributed by atoms with van der Waals surface area (Å²) in [4.78, 5) is 19.8. The number of aryl methyl sites for hydroxylation is 1. The molecule has 0 aromatic carbocycles. The topological polar surface area (TPSA) is 98.7 Å². The van der Waals surface area contributed by atoms with Gasteiger partial charge < -0.3 is 11.1 Å². The Morgan fingerprint density at radius 1 is 1.45 bits per heavy atom. The van der Waals surface area contributed by atoms with Gasteiger partial charge in [-0.3, -0.25) is 9.48 Å². The van der Waals surface area contributed by atoms with Crippen LogP contribution < -0.4 is 11.1 Å². The molecule has 7 nitrogen and oxygen atoms in total. The molecule has 0 aliphatic rings. The molecule has 0 bridgehead atoms. The molecule has 2 aromatic heterocycles. The monoisotopic (exact) mass is 314 g/mol. The fourth-order valence-electron chi connectivity index (χ4n) is 1.78. The molecular weight excluding hydrogens is 301 g/mol. The van der Waals surface area contributed by atoms with Gasteiger partial charge in [0, 0.05) is 18.5 Å². The molecule has 1 amide bonds. The van der Waals surface area contributed by atoms with Crippen LogP contribution in [-0.2, 0) is 13.0 Å². The first-order valence-electron chi connectivity index (χ1n) is 6.31. The van der Waals surface area contributed by atoms with Crippen molar-refractivity contribution in [2.24, 2.45) is 0 Å². The first-order valence-corrected chi connectivity index (χ1v) is 6.31. The third kappa shape index (κ3) is 3.93. The van der Waals surface area contributed by atoms with Crippen molar-refractivity contribution in [3.8, 4) is 0 Å². The molecule has 0 radical (unpaired) electrons. The van der Waals surface area contributed by atoms with Crippen LogP contribution in [0.3, 0.4) is 0 Å². The van der Waals surface area contributed by atoms with E-state index in [1.54, 1.807) is 6.92 Å². The van der Waals surface area contributed by atoms with Crippen molar-refractivity contribution in [1.82, 2.24) is 19.7 Å². The fraction of sp³-hybridized carbons (Fsp3) is 0.333. The maximum Gasteiger partial charge on any atom is 0.408 e. The van der Waals surface area contributed by atoms with Gasteiger partial charge in [-0.15, -0.1) is 0 Å². The Labute approximate surface area is 123 Å². The molecule has 0 saturated carbocycles. The minimum Gasteiger partial charge on any atom is -0.368 e. The van der Waals surface area contributed by atoms with Crippen LogP contribution in [0.5, 0.6) is 0 Å². The number of rotatable bonds is 4. The Balaban J connectivity index is 2.13. The SMILES string of the molecule is CCc1nc(N)ncc1C(=O)Nc1ccn(CC(F)(F)F)n1. The Kier molecular flexibility index (Phi) is 4.29. The van der Waals surface area contributed by atoms with E-state index in [0.717, 1.165) is 6.20 Å². The smallest absolute Gasteiger partial charge is 0.368 e. The highest BCUT2D eigenvalue weighted by Crippen LogP contribution is 2.18. The van der Waals surface area contributed by atoms with Gasteiger partial charge in [0.25, 0.3) is 5.91 Å². The molecule has 2 rings (SSSR count). The zero-order valence-electron chi connectivity index (χ0n) is 11.6. The van der Waals surface area contributed by atoms with E-state index in [4.69, 9.17) is 5.73 Å². The summed E-state index contributed by atoms with van der Waals surface area (Å²) < 4.78 is 37.4. The molecule has 2 aromatic rings. The lowest BCUT2D eigenvalue weighted by Gasteiger charge is -2.07. The van der Waals surface area contributed by atoms with E-state index in [1.165, 1.54) is 12.3 Å². The van der Waals surface area contributed by atoms with Crippen molar-refractivity contribution in [3.05, 3.63) is 29.7 Å². The number of halogens is 3. The molecule has 0 saturated heterocycles. The number of nitrogens with two attached hydrogens (primary N) is 1. The molecule has 0 aliphatic carbocycles. The Morgan fingerprint density at radius 3 is 2.82 bits per heavy atom. The number of nitrogen functional groups attached to an aromatic ring is 1. The number of carbonyl (C=O) groups excluding carboxylic acids is 1. The highest BCUT2D eigenvalue weighted by Gasteiger charge is 2.28. The predicted octanol–water partition coefficient (Wildman–Crippen LogP) is 1.63. The van der Waals surface area contributed by atoms with Gasteiger partial charge in [0.1, 0.15) is 6.54 Å². The van der Waals surface area contributed by atoms with Gasteiger partial charge in [-0.25, -0.2) is 9.97 Å². The number of hydrogen-bond donors (Lipinski definition) is 2. The van der Waals surface area contributed by atoms with Gasteiger partial charge in [0.15, 0.2) is 5.82 Å². The molecule has 3 N–H and O–H groups in total. The van der Waals surface area contributed by atoms with E-state index in [1.807, 2.05) is 0 Å². The Hall–Kier alpha value is -2.65. The second-order valence-electron chi connectivity index (χ2n) is 4.41. The summed E-state index contributed by atoms with van der Waals surface area (Å²) in [7, 11) is 0.